The van der Waals surface area contributed by atoms with Gasteiger partial charge in [0.1, 0.15) is 0 Å². The van der Waals surface area contributed by atoms with Gasteiger partial charge < -0.3 is 14.9 Å². The minimum atomic E-state index is -0.810. The second-order valence-corrected chi connectivity index (χ2v) is 5.61. The molecule has 2 rings (SSSR count). The van der Waals surface area contributed by atoms with Crippen molar-refractivity contribution >= 4 is 12.0 Å². The first-order valence-corrected chi connectivity index (χ1v) is 7.11. The molecule has 114 valence electrons. The van der Waals surface area contributed by atoms with Crippen LogP contribution in [0.4, 0.5) is 4.79 Å². The van der Waals surface area contributed by atoms with Crippen molar-refractivity contribution in [3.05, 3.63) is 30.1 Å². The summed E-state index contributed by atoms with van der Waals surface area (Å²) >= 11 is 0. The number of hydrogen-bond donors (Lipinski definition) is 1. The van der Waals surface area contributed by atoms with Crippen molar-refractivity contribution in [2.45, 2.75) is 26.3 Å². The predicted molar refractivity (Wildman–Crippen MR) is 77.6 cm³/mol. The molecule has 1 N–H and O–H groups in total. The Morgan fingerprint density at radius 1 is 1.52 bits per heavy atom. The zero-order valence-corrected chi connectivity index (χ0v) is 12.5. The Morgan fingerprint density at radius 2 is 2.29 bits per heavy atom. The normalized spacial score (nSPS) is 21.3. The summed E-state index contributed by atoms with van der Waals surface area (Å²) in [5, 5.41) is 9.38. The molecule has 6 heteroatoms. The van der Waals surface area contributed by atoms with Crippen LogP contribution < -0.4 is 0 Å². The summed E-state index contributed by atoms with van der Waals surface area (Å²) in [5.74, 6) is -0.810. The lowest BCUT2D eigenvalue weighted by molar-refractivity contribution is -0.148. The van der Waals surface area contributed by atoms with E-state index in [9.17, 15) is 14.7 Å². The lowest BCUT2D eigenvalue weighted by atomic mass is 9.84. The number of likely N-dealkylation sites (tertiary alicyclic amines) is 1. The largest absolute Gasteiger partial charge is 0.481 e. The van der Waals surface area contributed by atoms with E-state index in [0.29, 0.717) is 25.9 Å². The molecule has 0 saturated carbocycles. The van der Waals surface area contributed by atoms with Crippen LogP contribution in [0.5, 0.6) is 0 Å². The molecule has 1 aromatic rings. The molecule has 21 heavy (non-hydrogen) atoms. The number of carboxylic acid groups (broad SMARTS) is 1. The topological polar surface area (TPSA) is 73.7 Å². The van der Waals surface area contributed by atoms with E-state index < -0.39 is 11.4 Å². The smallest absolute Gasteiger partial charge is 0.320 e. The van der Waals surface area contributed by atoms with Crippen molar-refractivity contribution in [3.8, 4) is 0 Å². The lowest BCUT2D eigenvalue weighted by Gasteiger charge is -2.27. The third kappa shape index (κ3) is 3.15. The Balaban J connectivity index is 1.99. The molecule has 1 aromatic heterocycles. The van der Waals surface area contributed by atoms with E-state index in [-0.39, 0.29) is 12.6 Å². The minimum Gasteiger partial charge on any atom is -0.481 e. The van der Waals surface area contributed by atoms with Gasteiger partial charge in [0.15, 0.2) is 0 Å². The third-order valence-corrected chi connectivity index (χ3v) is 4.22. The van der Waals surface area contributed by atoms with Gasteiger partial charge in [0.05, 0.1) is 5.41 Å². The second kappa shape index (κ2) is 6.11. The van der Waals surface area contributed by atoms with Crippen molar-refractivity contribution < 1.29 is 14.7 Å². The Kier molecular flexibility index (Phi) is 4.45. The number of amides is 2. The molecule has 1 fully saturated rings. The van der Waals surface area contributed by atoms with Crippen LogP contribution in [0.15, 0.2) is 24.5 Å². The molecular formula is C15H21N3O3. The van der Waals surface area contributed by atoms with Crippen molar-refractivity contribution in [3.63, 3.8) is 0 Å². The number of carboxylic acids is 1. The number of nitrogens with zero attached hydrogens (tertiary/aromatic N) is 3. The number of urea groups is 1. The highest BCUT2D eigenvalue weighted by Crippen LogP contribution is 2.34. The Morgan fingerprint density at radius 3 is 2.81 bits per heavy atom. The van der Waals surface area contributed by atoms with Gasteiger partial charge in [-0.3, -0.25) is 9.78 Å². The molecule has 1 atom stereocenters. The molecule has 2 heterocycles. The maximum absolute atomic E-state index is 12.4. The highest BCUT2D eigenvalue weighted by Gasteiger charge is 2.45. The SMILES string of the molecule is CCC1(C(=O)O)CCN(C(=O)N(C)Cc2cccnc2)C1. The summed E-state index contributed by atoms with van der Waals surface area (Å²) in [4.78, 5) is 31.1. The number of rotatable bonds is 4. The number of carbonyl (C=O) groups excluding carboxylic acids is 1. The van der Waals surface area contributed by atoms with Crippen molar-refractivity contribution in [1.29, 1.82) is 0 Å². The fraction of sp³-hybridized carbons (Fsp3) is 0.533. The molecule has 0 aromatic carbocycles. The number of hydrogen-bond acceptors (Lipinski definition) is 3. The number of carbonyl (C=O) groups is 2. The van der Waals surface area contributed by atoms with Gasteiger partial charge in [-0.25, -0.2) is 4.79 Å². The molecule has 0 spiro atoms. The Hall–Kier alpha value is -2.11. The fourth-order valence-corrected chi connectivity index (χ4v) is 2.72. The van der Waals surface area contributed by atoms with Crippen LogP contribution in [0, 0.1) is 5.41 Å². The second-order valence-electron chi connectivity index (χ2n) is 5.61. The summed E-state index contributed by atoms with van der Waals surface area (Å²) in [5.41, 5.74) is 0.165. The predicted octanol–water partition coefficient (Wildman–Crippen LogP) is 1.82. The maximum atomic E-state index is 12.4. The number of aliphatic carboxylic acids is 1. The number of pyridine rings is 1. The molecule has 0 radical (unpaired) electrons. The molecule has 0 bridgehead atoms. The zero-order chi connectivity index (χ0) is 15.5. The summed E-state index contributed by atoms with van der Waals surface area (Å²) in [7, 11) is 1.72. The van der Waals surface area contributed by atoms with Crippen LogP contribution in [0.25, 0.3) is 0 Å². The average molecular weight is 291 g/mol. The molecule has 0 aliphatic carbocycles. The van der Waals surface area contributed by atoms with E-state index in [2.05, 4.69) is 4.98 Å². The van der Waals surface area contributed by atoms with Crippen molar-refractivity contribution in [1.82, 2.24) is 14.8 Å². The van der Waals surface area contributed by atoms with Crippen LogP contribution >= 0.6 is 0 Å². The van der Waals surface area contributed by atoms with Gasteiger partial charge in [-0.15, -0.1) is 0 Å². The van der Waals surface area contributed by atoms with Gasteiger partial charge in [-0.05, 0) is 24.5 Å². The van der Waals surface area contributed by atoms with E-state index in [1.807, 2.05) is 19.1 Å². The fourth-order valence-electron chi connectivity index (χ4n) is 2.72. The first kappa shape index (κ1) is 15.3. The van der Waals surface area contributed by atoms with Crippen LogP contribution in [-0.4, -0.2) is 52.0 Å². The van der Waals surface area contributed by atoms with Gasteiger partial charge in [0, 0.05) is 39.1 Å². The van der Waals surface area contributed by atoms with Gasteiger partial charge >= 0.3 is 12.0 Å². The average Bonchev–Trinajstić information content (AvgIpc) is 2.93. The highest BCUT2D eigenvalue weighted by molar-refractivity contribution is 5.79. The van der Waals surface area contributed by atoms with E-state index in [1.165, 1.54) is 0 Å². The van der Waals surface area contributed by atoms with Crippen LogP contribution in [0.2, 0.25) is 0 Å². The molecule has 1 unspecified atom stereocenters. The quantitative estimate of drug-likeness (QED) is 0.918. The van der Waals surface area contributed by atoms with E-state index in [0.717, 1.165) is 5.56 Å². The zero-order valence-electron chi connectivity index (χ0n) is 12.5. The van der Waals surface area contributed by atoms with Crippen molar-refractivity contribution in [2.24, 2.45) is 5.41 Å². The molecule has 2 amide bonds. The first-order chi connectivity index (χ1) is 9.98. The Bertz CT molecular complexity index is 520. The lowest BCUT2D eigenvalue weighted by Crippen LogP contribution is -2.42. The van der Waals surface area contributed by atoms with Gasteiger partial charge in [-0.2, -0.15) is 0 Å². The molecule has 1 saturated heterocycles. The van der Waals surface area contributed by atoms with E-state index in [1.54, 1.807) is 29.2 Å². The summed E-state index contributed by atoms with van der Waals surface area (Å²) in [6, 6.07) is 3.61. The monoisotopic (exact) mass is 291 g/mol. The van der Waals surface area contributed by atoms with Crippen LogP contribution in [0.1, 0.15) is 25.3 Å². The maximum Gasteiger partial charge on any atom is 0.320 e. The van der Waals surface area contributed by atoms with Crippen LogP contribution in [0.3, 0.4) is 0 Å². The van der Waals surface area contributed by atoms with Gasteiger partial charge in [-0.1, -0.05) is 13.0 Å². The summed E-state index contributed by atoms with van der Waals surface area (Å²) < 4.78 is 0. The first-order valence-electron chi connectivity index (χ1n) is 7.11. The summed E-state index contributed by atoms with van der Waals surface area (Å²) in [6.07, 6.45) is 4.47. The minimum absolute atomic E-state index is 0.129. The molecule has 6 nitrogen and oxygen atoms in total. The molecule has 1 aliphatic rings. The third-order valence-electron chi connectivity index (χ3n) is 4.22. The van der Waals surface area contributed by atoms with E-state index >= 15 is 0 Å². The molecule has 1 aliphatic heterocycles. The Labute approximate surface area is 124 Å². The van der Waals surface area contributed by atoms with Gasteiger partial charge in [0.2, 0.25) is 0 Å². The standard InChI is InChI=1S/C15H21N3O3/c1-3-15(13(19)20)6-8-18(11-15)14(21)17(2)10-12-5-4-7-16-9-12/h4-5,7,9H,3,6,8,10-11H2,1-2H3,(H,19,20). The van der Waals surface area contributed by atoms with Crippen molar-refractivity contribution in [2.75, 3.05) is 20.1 Å². The van der Waals surface area contributed by atoms with E-state index in [4.69, 9.17) is 0 Å². The van der Waals surface area contributed by atoms with Crippen LogP contribution in [-0.2, 0) is 11.3 Å². The van der Waals surface area contributed by atoms with Gasteiger partial charge in [0.25, 0.3) is 0 Å². The number of aromatic nitrogens is 1. The molecular weight excluding hydrogens is 270 g/mol. The highest BCUT2D eigenvalue weighted by atomic mass is 16.4. The summed E-state index contributed by atoms with van der Waals surface area (Å²) in [6.45, 7) is 3.11.